The highest BCUT2D eigenvalue weighted by Crippen LogP contribution is 2.14. The molecule has 20 heavy (non-hydrogen) atoms. The van der Waals surface area contributed by atoms with Crippen molar-refractivity contribution in [2.24, 2.45) is 0 Å². The Morgan fingerprint density at radius 3 is 2.50 bits per heavy atom. The van der Waals surface area contributed by atoms with E-state index in [4.69, 9.17) is 5.73 Å². The van der Waals surface area contributed by atoms with Crippen molar-refractivity contribution < 1.29 is 9.90 Å². The molecule has 1 amide bonds. The molecular formula is C16H18N2O2. The molecule has 4 heteroatoms. The minimum absolute atomic E-state index is 0.164. The summed E-state index contributed by atoms with van der Waals surface area (Å²) in [6.45, 7) is 2.04. The SMILES string of the molecule is Cc1ccccc1C(=O)NCC(O)c1ccc(N)cc1. The van der Waals surface area contributed by atoms with Gasteiger partial charge in [-0.05, 0) is 36.2 Å². The van der Waals surface area contributed by atoms with Crippen molar-refractivity contribution in [1.29, 1.82) is 0 Å². The third-order valence-electron chi connectivity index (χ3n) is 3.17. The fourth-order valence-electron chi connectivity index (χ4n) is 1.95. The highest BCUT2D eigenvalue weighted by molar-refractivity contribution is 5.95. The fourth-order valence-corrected chi connectivity index (χ4v) is 1.95. The largest absolute Gasteiger partial charge is 0.399 e. The summed E-state index contributed by atoms with van der Waals surface area (Å²) >= 11 is 0. The lowest BCUT2D eigenvalue weighted by molar-refractivity contribution is 0.0915. The second kappa shape index (κ2) is 6.21. The van der Waals surface area contributed by atoms with Gasteiger partial charge in [0.2, 0.25) is 0 Å². The Morgan fingerprint density at radius 1 is 1.20 bits per heavy atom. The van der Waals surface area contributed by atoms with E-state index in [1.165, 1.54) is 0 Å². The second-order valence-electron chi connectivity index (χ2n) is 4.71. The lowest BCUT2D eigenvalue weighted by Gasteiger charge is -2.13. The van der Waals surface area contributed by atoms with Gasteiger partial charge in [0, 0.05) is 17.8 Å². The number of aliphatic hydroxyl groups excluding tert-OH is 1. The lowest BCUT2D eigenvalue weighted by Crippen LogP contribution is -2.28. The molecule has 0 bridgehead atoms. The van der Waals surface area contributed by atoms with E-state index in [1.807, 2.05) is 25.1 Å². The van der Waals surface area contributed by atoms with Crippen molar-refractivity contribution >= 4 is 11.6 Å². The summed E-state index contributed by atoms with van der Waals surface area (Å²) in [4.78, 5) is 12.0. The van der Waals surface area contributed by atoms with E-state index < -0.39 is 6.10 Å². The van der Waals surface area contributed by atoms with Gasteiger partial charge in [0.25, 0.3) is 5.91 Å². The summed E-state index contributed by atoms with van der Waals surface area (Å²) in [5.74, 6) is -0.183. The number of amides is 1. The number of hydrogen-bond acceptors (Lipinski definition) is 3. The Labute approximate surface area is 118 Å². The number of nitrogens with one attached hydrogen (secondary N) is 1. The van der Waals surface area contributed by atoms with E-state index in [0.29, 0.717) is 11.3 Å². The molecule has 0 saturated carbocycles. The number of aliphatic hydroxyl groups is 1. The predicted octanol–water partition coefficient (Wildman–Crippen LogP) is 2.04. The number of aryl methyl sites for hydroxylation is 1. The van der Waals surface area contributed by atoms with Crippen LogP contribution < -0.4 is 11.1 Å². The van der Waals surface area contributed by atoms with Crippen LogP contribution >= 0.6 is 0 Å². The second-order valence-corrected chi connectivity index (χ2v) is 4.71. The van der Waals surface area contributed by atoms with Gasteiger partial charge in [-0.1, -0.05) is 30.3 Å². The average molecular weight is 270 g/mol. The molecule has 2 aromatic carbocycles. The molecule has 0 spiro atoms. The first kappa shape index (κ1) is 14.1. The Balaban J connectivity index is 1.97. The van der Waals surface area contributed by atoms with Crippen LogP contribution in [0.3, 0.4) is 0 Å². The van der Waals surface area contributed by atoms with Crippen molar-refractivity contribution in [3.8, 4) is 0 Å². The van der Waals surface area contributed by atoms with Crippen molar-refractivity contribution in [3.63, 3.8) is 0 Å². The standard InChI is InChI=1S/C16H18N2O2/c1-11-4-2-3-5-14(11)16(20)18-10-15(19)12-6-8-13(17)9-7-12/h2-9,15,19H,10,17H2,1H3,(H,18,20). The number of nitrogens with two attached hydrogens (primary N) is 1. The third-order valence-corrected chi connectivity index (χ3v) is 3.17. The van der Waals surface area contributed by atoms with E-state index in [-0.39, 0.29) is 12.5 Å². The summed E-state index contributed by atoms with van der Waals surface area (Å²) < 4.78 is 0. The molecule has 0 saturated heterocycles. The molecule has 104 valence electrons. The molecule has 0 aliphatic heterocycles. The maximum Gasteiger partial charge on any atom is 0.251 e. The van der Waals surface area contributed by atoms with Gasteiger partial charge >= 0.3 is 0 Å². The quantitative estimate of drug-likeness (QED) is 0.744. The highest BCUT2D eigenvalue weighted by Gasteiger charge is 2.11. The number of anilines is 1. The molecule has 4 N–H and O–H groups in total. The molecule has 2 aromatic rings. The maximum atomic E-state index is 12.0. The van der Waals surface area contributed by atoms with Crippen molar-refractivity contribution in [2.45, 2.75) is 13.0 Å². The van der Waals surface area contributed by atoms with Crippen LogP contribution in [-0.2, 0) is 0 Å². The molecule has 0 aliphatic carbocycles. The first-order valence-electron chi connectivity index (χ1n) is 6.45. The van der Waals surface area contributed by atoms with Crippen LogP contribution in [0.5, 0.6) is 0 Å². The zero-order valence-electron chi connectivity index (χ0n) is 11.3. The van der Waals surface area contributed by atoms with Gasteiger partial charge in [-0.3, -0.25) is 4.79 Å². The van der Waals surface area contributed by atoms with Gasteiger partial charge in [0.05, 0.1) is 6.10 Å². The Morgan fingerprint density at radius 2 is 1.85 bits per heavy atom. The van der Waals surface area contributed by atoms with E-state index in [0.717, 1.165) is 11.1 Å². The first-order chi connectivity index (χ1) is 9.58. The van der Waals surface area contributed by atoms with Crippen LogP contribution in [0.1, 0.15) is 27.6 Å². The lowest BCUT2D eigenvalue weighted by atomic mass is 10.1. The molecule has 4 nitrogen and oxygen atoms in total. The number of rotatable bonds is 4. The Bertz CT molecular complexity index is 594. The monoisotopic (exact) mass is 270 g/mol. The molecule has 1 unspecified atom stereocenters. The molecule has 0 heterocycles. The van der Waals surface area contributed by atoms with Gasteiger partial charge in [-0.2, -0.15) is 0 Å². The van der Waals surface area contributed by atoms with Gasteiger partial charge in [0.1, 0.15) is 0 Å². The number of carbonyl (C=O) groups is 1. The Hall–Kier alpha value is -2.33. The van der Waals surface area contributed by atoms with Gasteiger partial charge in [-0.25, -0.2) is 0 Å². The van der Waals surface area contributed by atoms with Gasteiger partial charge < -0.3 is 16.2 Å². The fraction of sp³-hybridized carbons (Fsp3) is 0.188. The summed E-state index contributed by atoms with van der Waals surface area (Å²) in [5, 5.41) is 12.8. The maximum absolute atomic E-state index is 12.0. The number of carbonyl (C=O) groups excluding carboxylic acids is 1. The van der Waals surface area contributed by atoms with E-state index in [9.17, 15) is 9.90 Å². The van der Waals surface area contributed by atoms with Crippen molar-refractivity contribution in [3.05, 3.63) is 65.2 Å². The molecule has 0 fully saturated rings. The molecule has 2 rings (SSSR count). The van der Waals surface area contributed by atoms with Crippen LogP contribution in [0, 0.1) is 6.92 Å². The smallest absolute Gasteiger partial charge is 0.251 e. The number of nitrogen functional groups attached to an aromatic ring is 1. The van der Waals surface area contributed by atoms with Crippen molar-refractivity contribution in [1.82, 2.24) is 5.32 Å². The van der Waals surface area contributed by atoms with Gasteiger partial charge in [-0.15, -0.1) is 0 Å². The minimum Gasteiger partial charge on any atom is -0.399 e. The Kier molecular flexibility index (Phi) is 4.38. The molecular weight excluding hydrogens is 252 g/mol. The molecule has 0 radical (unpaired) electrons. The van der Waals surface area contributed by atoms with Gasteiger partial charge in [0.15, 0.2) is 0 Å². The molecule has 1 atom stereocenters. The first-order valence-corrected chi connectivity index (χ1v) is 6.45. The zero-order chi connectivity index (χ0) is 14.5. The van der Waals surface area contributed by atoms with E-state index in [2.05, 4.69) is 5.32 Å². The summed E-state index contributed by atoms with van der Waals surface area (Å²) in [6, 6.07) is 14.3. The third kappa shape index (κ3) is 3.36. The van der Waals surface area contributed by atoms with E-state index >= 15 is 0 Å². The van der Waals surface area contributed by atoms with Crippen LogP contribution in [0.25, 0.3) is 0 Å². The summed E-state index contributed by atoms with van der Waals surface area (Å²) in [7, 11) is 0. The van der Waals surface area contributed by atoms with Crippen LogP contribution in [0.15, 0.2) is 48.5 Å². The summed E-state index contributed by atoms with van der Waals surface area (Å²) in [6.07, 6.45) is -0.747. The molecule has 0 aliphatic rings. The number of hydrogen-bond donors (Lipinski definition) is 3. The van der Waals surface area contributed by atoms with Crippen LogP contribution in [0.4, 0.5) is 5.69 Å². The molecule has 0 aromatic heterocycles. The average Bonchev–Trinajstić information content (AvgIpc) is 2.45. The van der Waals surface area contributed by atoms with E-state index in [1.54, 1.807) is 30.3 Å². The number of benzene rings is 2. The minimum atomic E-state index is -0.747. The highest BCUT2D eigenvalue weighted by atomic mass is 16.3. The van der Waals surface area contributed by atoms with Crippen LogP contribution in [0.2, 0.25) is 0 Å². The topological polar surface area (TPSA) is 75.3 Å². The zero-order valence-corrected chi connectivity index (χ0v) is 11.3. The normalized spacial score (nSPS) is 11.9. The van der Waals surface area contributed by atoms with Crippen molar-refractivity contribution in [2.75, 3.05) is 12.3 Å². The summed E-state index contributed by atoms with van der Waals surface area (Å²) in [5.41, 5.74) is 8.49. The van der Waals surface area contributed by atoms with Crippen LogP contribution in [-0.4, -0.2) is 17.6 Å². The predicted molar refractivity (Wildman–Crippen MR) is 79.3 cm³/mol.